The number of alkyl halides is 3. The van der Waals surface area contributed by atoms with E-state index >= 15 is 0 Å². The Hall–Kier alpha value is -1.45. The van der Waals surface area contributed by atoms with Crippen molar-refractivity contribution in [3.63, 3.8) is 0 Å². The molecule has 9 heteroatoms. The van der Waals surface area contributed by atoms with Crippen LogP contribution in [0.3, 0.4) is 0 Å². The molecule has 0 radical (unpaired) electrons. The predicted molar refractivity (Wildman–Crippen MR) is 84.8 cm³/mol. The molecule has 0 bridgehead atoms. The van der Waals surface area contributed by atoms with Crippen LogP contribution < -0.4 is 10.1 Å². The molecule has 2 N–H and O–H groups in total. The van der Waals surface area contributed by atoms with Gasteiger partial charge in [-0.3, -0.25) is 10.1 Å². The second kappa shape index (κ2) is 8.09. The molecule has 1 unspecified atom stereocenters. The van der Waals surface area contributed by atoms with Gasteiger partial charge in [0.15, 0.2) is 0 Å². The van der Waals surface area contributed by atoms with E-state index in [1.165, 1.54) is 17.0 Å². The maximum Gasteiger partial charge on any atom is 0.416 e. The summed E-state index contributed by atoms with van der Waals surface area (Å²) in [6.45, 7) is -0.0296. The summed E-state index contributed by atoms with van der Waals surface area (Å²) in [5, 5.41) is 13.0. The van der Waals surface area contributed by atoms with Crippen molar-refractivity contribution in [2.45, 2.75) is 18.3 Å². The first-order chi connectivity index (χ1) is 11.3. The van der Waals surface area contributed by atoms with Crippen LogP contribution in [-0.2, 0) is 11.0 Å². The van der Waals surface area contributed by atoms with E-state index in [1.54, 1.807) is 18.8 Å². The third kappa shape index (κ3) is 5.29. The van der Waals surface area contributed by atoms with Gasteiger partial charge in [-0.25, -0.2) is 0 Å². The van der Waals surface area contributed by atoms with Crippen LogP contribution in [0.4, 0.5) is 13.2 Å². The summed E-state index contributed by atoms with van der Waals surface area (Å²) >= 11 is 1.63. The zero-order valence-corrected chi connectivity index (χ0v) is 13.9. The van der Waals surface area contributed by atoms with E-state index in [9.17, 15) is 23.1 Å². The molecule has 24 heavy (non-hydrogen) atoms. The molecule has 0 aromatic heterocycles. The molecule has 5 nitrogen and oxygen atoms in total. The van der Waals surface area contributed by atoms with Crippen molar-refractivity contribution < 1.29 is 27.8 Å². The van der Waals surface area contributed by atoms with Gasteiger partial charge in [-0.1, -0.05) is 0 Å². The van der Waals surface area contributed by atoms with Crippen LogP contribution in [0.25, 0.3) is 0 Å². The molecule has 1 amide bonds. The highest BCUT2D eigenvalue weighted by Gasteiger charge is 2.30. The summed E-state index contributed by atoms with van der Waals surface area (Å²) in [5.74, 6) is 1.55. The summed E-state index contributed by atoms with van der Waals surface area (Å²) in [6.07, 6.45) is -5.33. The van der Waals surface area contributed by atoms with Crippen LogP contribution >= 0.6 is 11.8 Å². The molecule has 2 rings (SSSR count). The molecular formula is C15H19F3N2O3S. The number of nitrogens with one attached hydrogen (secondary N) is 1. The summed E-state index contributed by atoms with van der Waals surface area (Å²) < 4.78 is 42.6. The molecule has 0 spiro atoms. The third-order valence-corrected chi connectivity index (χ3v) is 4.44. The third-order valence-electron chi connectivity index (χ3n) is 3.50. The van der Waals surface area contributed by atoms with Gasteiger partial charge in [0.25, 0.3) is 0 Å². The molecule has 1 fully saturated rings. The van der Waals surface area contributed by atoms with E-state index < -0.39 is 17.8 Å². The van der Waals surface area contributed by atoms with Gasteiger partial charge in [-0.05, 0) is 24.3 Å². The van der Waals surface area contributed by atoms with Gasteiger partial charge in [-0.15, -0.1) is 11.8 Å². The van der Waals surface area contributed by atoms with E-state index in [0.29, 0.717) is 5.75 Å². The average molecular weight is 364 g/mol. The minimum Gasteiger partial charge on any atom is -0.491 e. The monoisotopic (exact) mass is 364 g/mol. The minimum atomic E-state index is -4.40. The number of ether oxygens (including phenoxy) is 1. The molecule has 1 aliphatic heterocycles. The number of hydrogen-bond acceptors (Lipinski definition) is 5. The number of nitrogens with zero attached hydrogens (tertiary/aromatic N) is 1. The molecule has 134 valence electrons. The van der Waals surface area contributed by atoms with Gasteiger partial charge in [0.2, 0.25) is 5.91 Å². The number of likely N-dealkylation sites (N-methyl/N-ethyl adjacent to an activating group) is 1. The van der Waals surface area contributed by atoms with Gasteiger partial charge < -0.3 is 14.7 Å². The Morgan fingerprint density at radius 3 is 2.67 bits per heavy atom. The average Bonchev–Trinajstić information content (AvgIpc) is 3.06. The highest BCUT2D eigenvalue weighted by Crippen LogP contribution is 2.30. The summed E-state index contributed by atoms with van der Waals surface area (Å²) in [4.78, 5) is 13.5. The summed E-state index contributed by atoms with van der Waals surface area (Å²) in [6, 6.07) is 3.98. The molecule has 2 atom stereocenters. The first kappa shape index (κ1) is 18.9. The highest BCUT2D eigenvalue weighted by molar-refractivity contribution is 7.99. The Labute approximate surface area is 142 Å². The number of hydrogen-bond donors (Lipinski definition) is 2. The molecule has 1 aromatic carbocycles. The van der Waals surface area contributed by atoms with Crippen LogP contribution in [0.5, 0.6) is 5.75 Å². The van der Waals surface area contributed by atoms with Gasteiger partial charge in [0.1, 0.15) is 18.5 Å². The predicted octanol–water partition coefficient (Wildman–Crippen LogP) is 1.57. The maximum atomic E-state index is 12.5. The fourth-order valence-corrected chi connectivity index (χ4v) is 3.14. The van der Waals surface area contributed by atoms with E-state index in [1.807, 2.05) is 0 Å². The van der Waals surface area contributed by atoms with E-state index in [0.717, 1.165) is 18.0 Å². The first-order valence-electron chi connectivity index (χ1n) is 7.31. The smallest absolute Gasteiger partial charge is 0.416 e. The number of carbonyl (C=O) groups excluding carboxylic acids is 1. The number of carbonyl (C=O) groups is 1. The maximum absolute atomic E-state index is 12.5. The lowest BCUT2D eigenvalue weighted by Gasteiger charge is -2.23. The van der Waals surface area contributed by atoms with Crippen LogP contribution in [0.15, 0.2) is 24.3 Å². The molecular weight excluding hydrogens is 345 g/mol. The van der Waals surface area contributed by atoms with Gasteiger partial charge in [-0.2, -0.15) is 13.2 Å². The second-order valence-corrected chi connectivity index (χ2v) is 6.51. The number of aliphatic hydroxyl groups excluding tert-OH is 1. The Morgan fingerprint density at radius 2 is 2.12 bits per heavy atom. The Morgan fingerprint density at radius 1 is 1.46 bits per heavy atom. The van der Waals surface area contributed by atoms with Crippen LogP contribution in [-0.4, -0.2) is 59.9 Å². The molecule has 1 heterocycles. The molecule has 0 aliphatic carbocycles. The normalized spacial score (nSPS) is 19.1. The summed E-state index contributed by atoms with van der Waals surface area (Å²) in [5.41, 5.74) is -0.761. The second-order valence-electron chi connectivity index (χ2n) is 5.48. The number of rotatable bonds is 6. The zero-order valence-electron chi connectivity index (χ0n) is 13.0. The van der Waals surface area contributed by atoms with Crippen molar-refractivity contribution in [2.75, 3.05) is 31.8 Å². The van der Waals surface area contributed by atoms with Crippen LogP contribution in [0.1, 0.15) is 5.56 Å². The van der Waals surface area contributed by atoms with Crippen molar-refractivity contribution in [3.8, 4) is 5.75 Å². The van der Waals surface area contributed by atoms with Crippen LogP contribution in [0, 0.1) is 0 Å². The molecule has 1 saturated heterocycles. The van der Waals surface area contributed by atoms with E-state index in [-0.39, 0.29) is 30.9 Å². The van der Waals surface area contributed by atoms with Gasteiger partial charge in [0.05, 0.1) is 11.6 Å². The Bertz CT molecular complexity index is 548. The number of amides is 1. The fourth-order valence-electron chi connectivity index (χ4n) is 2.21. The first-order valence-corrected chi connectivity index (χ1v) is 8.47. The fraction of sp³-hybridized carbons (Fsp3) is 0.533. The SMILES string of the molecule is CN(CC(O)COc1ccc(C(F)(F)F)cc1)C(=O)[C@H]1CSCN1. The molecule has 0 saturated carbocycles. The van der Waals surface area contributed by atoms with Gasteiger partial charge >= 0.3 is 6.18 Å². The lowest BCUT2D eigenvalue weighted by molar-refractivity contribution is -0.137. The Balaban J connectivity index is 1.78. The lowest BCUT2D eigenvalue weighted by atomic mass is 10.2. The van der Waals surface area contributed by atoms with E-state index in [2.05, 4.69) is 5.32 Å². The van der Waals surface area contributed by atoms with Crippen molar-refractivity contribution in [1.29, 1.82) is 0 Å². The molecule has 1 aromatic rings. The quantitative estimate of drug-likeness (QED) is 0.802. The van der Waals surface area contributed by atoms with Gasteiger partial charge in [0, 0.05) is 25.2 Å². The lowest BCUT2D eigenvalue weighted by Crippen LogP contribution is -2.46. The largest absolute Gasteiger partial charge is 0.491 e. The van der Waals surface area contributed by atoms with Crippen molar-refractivity contribution in [1.82, 2.24) is 10.2 Å². The van der Waals surface area contributed by atoms with Crippen LogP contribution in [0.2, 0.25) is 0 Å². The van der Waals surface area contributed by atoms with Crippen molar-refractivity contribution in [3.05, 3.63) is 29.8 Å². The minimum absolute atomic E-state index is 0.0856. The number of halogens is 3. The number of aliphatic hydroxyl groups is 1. The molecule has 1 aliphatic rings. The van der Waals surface area contributed by atoms with Crippen molar-refractivity contribution in [2.24, 2.45) is 0 Å². The van der Waals surface area contributed by atoms with E-state index in [4.69, 9.17) is 4.74 Å². The topological polar surface area (TPSA) is 61.8 Å². The Kier molecular flexibility index (Phi) is 6.36. The van der Waals surface area contributed by atoms with Crippen molar-refractivity contribution >= 4 is 17.7 Å². The number of benzene rings is 1. The summed E-state index contributed by atoms with van der Waals surface area (Å²) in [7, 11) is 1.59. The standard InChI is InChI=1S/C15H19F3N2O3S/c1-20(14(22)13-8-24-9-19-13)6-11(21)7-23-12-4-2-10(3-5-12)15(16,17)18/h2-5,11,13,19,21H,6-9H2,1H3/t11?,13-/m1/s1. The zero-order chi connectivity index (χ0) is 17.7. The highest BCUT2D eigenvalue weighted by atomic mass is 32.2. The number of thioether (sulfide) groups is 1.